The van der Waals surface area contributed by atoms with Gasteiger partial charge in [0.05, 0.1) is 11.8 Å². The average Bonchev–Trinajstić information content (AvgIpc) is 2.41. The third-order valence-corrected chi connectivity index (χ3v) is 3.30. The number of nitrogens with zero attached hydrogens (tertiary/aromatic N) is 3. The van der Waals surface area contributed by atoms with Crippen LogP contribution in [0, 0.1) is 0 Å². The van der Waals surface area contributed by atoms with Gasteiger partial charge in [0.25, 0.3) is 5.91 Å². The van der Waals surface area contributed by atoms with Gasteiger partial charge in [0.2, 0.25) is 0 Å². The Morgan fingerprint density at radius 2 is 2.11 bits per heavy atom. The van der Waals surface area contributed by atoms with E-state index in [0.717, 1.165) is 32.7 Å². The van der Waals surface area contributed by atoms with E-state index < -0.39 is 0 Å². The van der Waals surface area contributed by atoms with Crippen LogP contribution in [0.1, 0.15) is 10.4 Å². The first-order valence-electron chi connectivity index (χ1n) is 6.48. The van der Waals surface area contributed by atoms with E-state index in [0.29, 0.717) is 12.1 Å². The monoisotopic (exact) mass is 264 g/mol. The molecule has 2 N–H and O–H groups in total. The summed E-state index contributed by atoms with van der Waals surface area (Å²) in [6.07, 6.45) is 2.76. The van der Waals surface area contributed by atoms with Gasteiger partial charge in [0, 0.05) is 45.5 Å². The third kappa shape index (κ3) is 4.18. The van der Waals surface area contributed by atoms with Crippen molar-refractivity contribution in [3.63, 3.8) is 0 Å². The Kier molecular flexibility index (Phi) is 4.70. The number of aromatic hydroxyl groups is 1. The molecule has 1 saturated heterocycles. The fourth-order valence-corrected chi connectivity index (χ4v) is 2.05. The van der Waals surface area contributed by atoms with Crippen LogP contribution in [0.2, 0.25) is 0 Å². The molecule has 0 atom stereocenters. The van der Waals surface area contributed by atoms with Gasteiger partial charge < -0.3 is 15.3 Å². The molecule has 1 aliphatic heterocycles. The van der Waals surface area contributed by atoms with Gasteiger partial charge in [-0.1, -0.05) is 0 Å². The smallest absolute Gasteiger partial charge is 0.253 e. The van der Waals surface area contributed by atoms with Crippen LogP contribution in [0.3, 0.4) is 0 Å². The predicted octanol–water partition coefficient (Wildman–Crippen LogP) is -0.236. The standard InChI is InChI=1S/C13H20N4O2/c1-16-4-6-17(7-5-16)3-2-15-13(19)11-8-12(18)10-14-9-11/h8-10,18H,2-7H2,1H3,(H,15,19). The number of hydrogen-bond donors (Lipinski definition) is 2. The minimum absolute atomic E-state index is 0.00622. The van der Waals surface area contributed by atoms with Crippen molar-refractivity contribution in [3.8, 4) is 5.75 Å². The van der Waals surface area contributed by atoms with E-state index in [1.807, 2.05) is 0 Å². The first-order chi connectivity index (χ1) is 9.15. The number of amides is 1. The van der Waals surface area contributed by atoms with E-state index >= 15 is 0 Å². The van der Waals surface area contributed by atoms with Crippen molar-refractivity contribution in [2.45, 2.75) is 0 Å². The number of aromatic nitrogens is 1. The van der Waals surface area contributed by atoms with E-state index in [9.17, 15) is 9.90 Å². The molecule has 19 heavy (non-hydrogen) atoms. The second-order valence-electron chi connectivity index (χ2n) is 4.83. The molecule has 1 aromatic heterocycles. The second kappa shape index (κ2) is 6.49. The van der Waals surface area contributed by atoms with E-state index in [-0.39, 0.29) is 11.7 Å². The van der Waals surface area contributed by atoms with E-state index in [4.69, 9.17) is 0 Å². The van der Waals surface area contributed by atoms with Crippen molar-refractivity contribution in [2.75, 3.05) is 46.3 Å². The molecule has 2 heterocycles. The fraction of sp³-hybridized carbons (Fsp3) is 0.538. The van der Waals surface area contributed by atoms with Crippen molar-refractivity contribution in [1.29, 1.82) is 0 Å². The molecule has 1 aliphatic rings. The van der Waals surface area contributed by atoms with Crippen molar-refractivity contribution >= 4 is 5.91 Å². The van der Waals surface area contributed by atoms with Crippen LogP contribution in [0.4, 0.5) is 0 Å². The maximum atomic E-state index is 11.8. The highest BCUT2D eigenvalue weighted by Gasteiger charge is 2.13. The Balaban J connectivity index is 1.72. The Morgan fingerprint density at radius 3 is 2.79 bits per heavy atom. The number of hydrogen-bond acceptors (Lipinski definition) is 5. The van der Waals surface area contributed by atoms with Crippen molar-refractivity contribution in [3.05, 3.63) is 24.0 Å². The zero-order valence-corrected chi connectivity index (χ0v) is 11.2. The minimum Gasteiger partial charge on any atom is -0.506 e. The average molecular weight is 264 g/mol. The maximum Gasteiger partial charge on any atom is 0.253 e. The molecule has 0 unspecified atom stereocenters. The maximum absolute atomic E-state index is 11.8. The molecule has 0 aliphatic carbocycles. The van der Waals surface area contributed by atoms with Gasteiger partial charge in [-0.3, -0.25) is 14.7 Å². The van der Waals surface area contributed by atoms with E-state index in [1.54, 1.807) is 0 Å². The summed E-state index contributed by atoms with van der Waals surface area (Å²) in [4.78, 5) is 20.2. The Hall–Kier alpha value is -1.66. The molecule has 0 aromatic carbocycles. The molecule has 0 radical (unpaired) electrons. The first kappa shape index (κ1) is 13.8. The second-order valence-corrected chi connectivity index (χ2v) is 4.83. The number of piperazine rings is 1. The summed E-state index contributed by atoms with van der Waals surface area (Å²) in [5.41, 5.74) is 0.387. The normalized spacial score (nSPS) is 17.3. The Bertz CT molecular complexity index is 430. The fourth-order valence-electron chi connectivity index (χ4n) is 2.05. The van der Waals surface area contributed by atoms with Gasteiger partial charge in [-0.25, -0.2) is 0 Å². The molecule has 1 amide bonds. The zero-order chi connectivity index (χ0) is 13.7. The summed E-state index contributed by atoms with van der Waals surface area (Å²) in [5, 5.41) is 12.1. The lowest BCUT2D eigenvalue weighted by molar-refractivity contribution is 0.0940. The van der Waals surface area contributed by atoms with Crippen molar-refractivity contribution in [2.24, 2.45) is 0 Å². The molecule has 2 rings (SSSR count). The quantitative estimate of drug-likeness (QED) is 0.786. The molecule has 0 spiro atoms. The summed E-state index contributed by atoms with van der Waals surface area (Å²) in [7, 11) is 2.12. The highest BCUT2D eigenvalue weighted by Crippen LogP contribution is 2.07. The molecule has 1 aromatic rings. The van der Waals surface area contributed by atoms with Crippen LogP contribution < -0.4 is 5.32 Å². The molecule has 6 heteroatoms. The largest absolute Gasteiger partial charge is 0.506 e. The van der Waals surface area contributed by atoms with Crippen molar-refractivity contribution < 1.29 is 9.90 Å². The molecule has 0 saturated carbocycles. The zero-order valence-electron chi connectivity index (χ0n) is 11.2. The molecular weight excluding hydrogens is 244 g/mol. The number of carbonyl (C=O) groups excluding carboxylic acids is 1. The van der Waals surface area contributed by atoms with Gasteiger partial charge in [-0.05, 0) is 13.1 Å². The topological polar surface area (TPSA) is 68.7 Å². The molecule has 6 nitrogen and oxygen atoms in total. The lowest BCUT2D eigenvalue weighted by atomic mass is 10.2. The van der Waals surface area contributed by atoms with Crippen LogP contribution in [-0.4, -0.2) is 72.1 Å². The highest BCUT2D eigenvalue weighted by atomic mass is 16.3. The molecule has 0 bridgehead atoms. The van der Waals surface area contributed by atoms with Crippen LogP contribution in [-0.2, 0) is 0 Å². The van der Waals surface area contributed by atoms with Crippen LogP contribution >= 0.6 is 0 Å². The van der Waals surface area contributed by atoms with Crippen LogP contribution in [0.25, 0.3) is 0 Å². The number of rotatable bonds is 4. The number of likely N-dealkylation sites (N-methyl/N-ethyl adjacent to an activating group) is 1. The summed E-state index contributed by atoms with van der Waals surface area (Å²) < 4.78 is 0. The number of carbonyl (C=O) groups is 1. The third-order valence-electron chi connectivity index (χ3n) is 3.30. The molecule has 1 fully saturated rings. The lowest BCUT2D eigenvalue weighted by Crippen LogP contribution is -2.46. The summed E-state index contributed by atoms with van der Waals surface area (Å²) >= 11 is 0. The lowest BCUT2D eigenvalue weighted by Gasteiger charge is -2.32. The van der Waals surface area contributed by atoms with Gasteiger partial charge in [0.15, 0.2) is 0 Å². The Morgan fingerprint density at radius 1 is 1.37 bits per heavy atom. The summed E-state index contributed by atoms with van der Waals surface area (Å²) in [5.74, 6) is -0.191. The number of pyridine rings is 1. The summed E-state index contributed by atoms with van der Waals surface area (Å²) in [6, 6.07) is 1.41. The predicted molar refractivity (Wildman–Crippen MR) is 72.2 cm³/mol. The molecular formula is C13H20N4O2. The van der Waals surface area contributed by atoms with Gasteiger partial charge in [0.1, 0.15) is 5.75 Å². The molecule has 104 valence electrons. The van der Waals surface area contributed by atoms with Crippen LogP contribution in [0.5, 0.6) is 5.75 Å². The SMILES string of the molecule is CN1CCN(CCNC(=O)c2cncc(O)c2)CC1. The Labute approximate surface area is 113 Å². The van der Waals surface area contributed by atoms with E-state index in [1.165, 1.54) is 18.5 Å². The van der Waals surface area contributed by atoms with Crippen molar-refractivity contribution in [1.82, 2.24) is 20.1 Å². The minimum atomic E-state index is -0.197. The van der Waals surface area contributed by atoms with Gasteiger partial charge in [-0.15, -0.1) is 0 Å². The number of nitrogens with one attached hydrogen (secondary N) is 1. The van der Waals surface area contributed by atoms with Crippen LogP contribution in [0.15, 0.2) is 18.5 Å². The van der Waals surface area contributed by atoms with Gasteiger partial charge in [-0.2, -0.15) is 0 Å². The van der Waals surface area contributed by atoms with Gasteiger partial charge >= 0.3 is 0 Å². The summed E-state index contributed by atoms with van der Waals surface area (Å²) in [6.45, 7) is 5.69. The first-order valence-corrected chi connectivity index (χ1v) is 6.48. The van der Waals surface area contributed by atoms with E-state index in [2.05, 4.69) is 27.1 Å². The highest BCUT2D eigenvalue weighted by molar-refractivity contribution is 5.94.